The molecule has 1 saturated heterocycles. The van der Waals surface area contributed by atoms with Crippen molar-refractivity contribution >= 4 is 23.2 Å². The van der Waals surface area contributed by atoms with E-state index in [2.05, 4.69) is 12.2 Å². The van der Waals surface area contributed by atoms with Gasteiger partial charge < -0.3 is 10.1 Å². The van der Waals surface area contributed by atoms with E-state index in [4.69, 9.17) is 27.9 Å². The number of hydrogen-bond donors (Lipinski definition) is 1. The van der Waals surface area contributed by atoms with Gasteiger partial charge in [-0.25, -0.2) is 0 Å². The Balaban J connectivity index is 2.10. The molecule has 1 aliphatic rings. The Morgan fingerprint density at radius 3 is 2.94 bits per heavy atom. The normalized spacial score (nSPS) is 20.9. The molecule has 0 amide bonds. The number of benzene rings is 1. The minimum Gasteiger partial charge on any atom is -0.488 e. The highest BCUT2D eigenvalue weighted by Gasteiger charge is 2.26. The summed E-state index contributed by atoms with van der Waals surface area (Å²) in [7, 11) is 0. The molecule has 18 heavy (non-hydrogen) atoms. The van der Waals surface area contributed by atoms with Crippen LogP contribution in [-0.2, 0) is 0 Å². The van der Waals surface area contributed by atoms with E-state index in [0.29, 0.717) is 21.7 Å². The van der Waals surface area contributed by atoms with Crippen LogP contribution in [0.2, 0.25) is 10.0 Å². The van der Waals surface area contributed by atoms with Crippen molar-refractivity contribution in [2.45, 2.75) is 32.3 Å². The lowest BCUT2D eigenvalue weighted by atomic mass is 9.97. The zero-order chi connectivity index (χ0) is 13.0. The van der Waals surface area contributed by atoms with Gasteiger partial charge in [0.1, 0.15) is 16.9 Å². The van der Waals surface area contributed by atoms with Gasteiger partial charge in [-0.15, -0.1) is 0 Å². The second kappa shape index (κ2) is 6.65. The molecule has 1 aliphatic heterocycles. The molecule has 1 heterocycles. The van der Waals surface area contributed by atoms with Gasteiger partial charge in [-0.3, -0.25) is 0 Å². The fraction of sp³-hybridized carbons (Fsp3) is 0.571. The lowest BCUT2D eigenvalue weighted by Gasteiger charge is -2.24. The quantitative estimate of drug-likeness (QED) is 0.878. The maximum absolute atomic E-state index is 6.17. The van der Waals surface area contributed by atoms with E-state index in [1.807, 2.05) is 12.1 Å². The number of rotatable bonds is 5. The van der Waals surface area contributed by atoms with Crippen molar-refractivity contribution in [3.05, 3.63) is 28.2 Å². The van der Waals surface area contributed by atoms with Gasteiger partial charge in [-0.1, -0.05) is 42.6 Å². The Kier molecular flexibility index (Phi) is 5.16. The molecule has 1 aromatic rings. The number of ether oxygens (including phenoxy) is 1. The first-order valence-corrected chi connectivity index (χ1v) is 7.29. The molecule has 1 N–H and O–H groups in total. The average molecular weight is 288 g/mol. The maximum atomic E-state index is 6.17. The molecule has 1 aromatic carbocycles. The van der Waals surface area contributed by atoms with E-state index in [9.17, 15) is 0 Å². The first-order valence-electron chi connectivity index (χ1n) is 6.53. The number of halogens is 2. The first kappa shape index (κ1) is 14.0. The largest absolute Gasteiger partial charge is 0.488 e. The molecule has 0 saturated carbocycles. The fourth-order valence-electron chi connectivity index (χ4n) is 2.41. The first-order chi connectivity index (χ1) is 8.72. The Bertz CT molecular complexity index is 391. The monoisotopic (exact) mass is 287 g/mol. The number of hydrogen-bond acceptors (Lipinski definition) is 2. The van der Waals surface area contributed by atoms with Crippen LogP contribution >= 0.6 is 23.2 Å². The zero-order valence-electron chi connectivity index (χ0n) is 10.6. The van der Waals surface area contributed by atoms with Crippen LogP contribution in [0.15, 0.2) is 18.2 Å². The van der Waals surface area contributed by atoms with Crippen molar-refractivity contribution in [3.63, 3.8) is 0 Å². The highest BCUT2D eigenvalue weighted by atomic mass is 35.5. The third-order valence-electron chi connectivity index (χ3n) is 3.39. The molecular weight excluding hydrogens is 269 g/mol. The highest BCUT2D eigenvalue weighted by molar-refractivity contribution is 6.42. The van der Waals surface area contributed by atoms with Gasteiger partial charge in [0.15, 0.2) is 0 Å². The molecule has 0 spiro atoms. The third-order valence-corrected chi connectivity index (χ3v) is 4.19. The molecular formula is C14H19Cl2NO. The van der Waals surface area contributed by atoms with Crippen molar-refractivity contribution in [3.8, 4) is 5.75 Å². The van der Waals surface area contributed by atoms with E-state index in [1.54, 1.807) is 6.07 Å². The summed E-state index contributed by atoms with van der Waals surface area (Å²) >= 11 is 12.2. The third kappa shape index (κ3) is 3.31. The van der Waals surface area contributed by atoms with Crippen molar-refractivity contribution in [1.29, 1.82) is 0 Å². The molecule has 2 rings (SSSR count). The Labute approximate surface area is 119 Å². The van der Waals surface area contributed by atoms with Crippen molar-refractivity contribution in [1.82, 2.24) is 5.32 Å². The maximum Gasteiger partial charge on any atom is 0.139 e. The predicted octanol–water partition coefficient (Wildman–Crippen LogP) is 4.15. The Morgan fingerprint density at radius 2 is 2.28 bits per heavy atom. The van der Waals surface area contributed by atoms with Crippen molar-refractivity contribution in [2.24, 2.45) is 5.92 Å². The van der Waals surface area contributed by atoms with E-state index in [-0.39, 0.29) is 6.10 Å². The molecule has 2 atom stereocenters. The van der Waals surface area contributed by atoms with Crippen LogP contribution in [0.4, 0.5) is 0 Å². The average Bonchev–Trinajstić information content (AvgIpc) is 2.88. The van der Waals surface area contributed by atoms with Gasteiger partial charge in [0.05, 0.1) is 5.02 Å². The lowest BCUT2D eigenvalue weighted by Crippen LogP contribution is -2.28. The van der Waals surface area contributed by atoms with Crippen LogP contribution in [0.1, 0.15) is 26.2 Å². The Morgan fingerprint density at radius 1 is 1.44 bits per heavy atom. The van der Waals surface area contributed by atoms with Gasteiger partial charge in [-0.2, -0.15) is 0 Å². The lowest BCUT2D eigenvalue weighted by molar-refractivity contribution is 0.132. The Hall–Kier alpha value is -0.440. The topological polar surface area (TPSA) is 21.3 Å². The van der Waals surface area contributed by atoms with Crippen LogP contribution in [-0.4, -0.2) is 19.2 Å². The highest BCUT2D eigenvalue weighted by Crippen LogP contribution is 2.34. The van der Waals surface area contributed by atoms with Crippen molar-refractivity contribution < 1.29 is 4.74 Å². The van der Waals surface area contributed by atoms with Gasteiger partial charge in [-0.05, 0) is 31.5 Å². The molecule has 0 aromatic heterocycles. The minimum absolute atomic E-state index is 0.223. The smallest absolute Gasteiger partial charge is 0.139 e. The summed E-state index contributed by atoms with van der Waals surface area (Å²) in [5.74, 6) is 1.27. The van der Waals surface area contributed by atoms with Crippen LogP contribution < -0.4 is 10.1 Å². The molecule has 0 aliphatic carbocycles. The van der Waals surface area contributed by atoms with E-state index < -0.39 is 0 Å². The summed E-state index contributed by atoms with van der Waals surface area (Å²) < 4.78 is 6.09. The molecule has 0 radical (unpaired) electrons. The number of nitrogens with one attached hydrogen (secondary N) is 1. The zero-order valence-corrected chi connectivity index (χ0v) is 12.1. The van der Waals surface area contributed by atoms with Gasteiger partial charge in [0, 0.05) is 12.5 Å². The standard InChI is InChI=1S/C14H19Cl2NO/c1-2-4-12(10-7-8-17-9-10)18-13-6-3-5-11(15)14(13)16/h3,5-6,10,12,17H,2,4,7-9H2,1H3. The summed E-state index contributed by atoms with van der Waals surface area (Å²) in [6.45, 7) is 4.29. The molecule has 2 unspecified atom stereocenters. The SMILES string of the molecule is CCCC(Oc1cccc(Cl)c1Cl)C1CCNC1. The van der Waals surface area contributed by atoms with Crippen LogP contribution in [0.3, 0.4) is 0 Å². The predicted molar refractivity (Wildman–Crippen MR) is 76.8 cm³/mol. The molecule has 4 heteroatoms. The summed E-state index contributed by atoms with van der Waals surface area (Å²) in [5, 5.41) is 4.45. The van der Waals surface area contributed by atoms with Gasteiger partial charge in [0.2, 0.25) is 0 Å². The van der Waals surface area contributed by atoms with E-state index in [1.165, 1.54) is 6.42 Å². The second-order valence-electron chi connectivity index (χ2n) is 4.75. The summed E-state index contributed by atoms with van der Waals surface area (Å²) in [5.41, 5.74) is 0. The van der Waals surface area contributed by atoms with E-state index >= 15 is 0 Å². The summed E-state index contributed by atoms with van der Waals surface area (Å²) in [6.07, 6.45) is 3.55. The van der Waals surface area contributed by atoms with Gasteiger partial charge >= 0.3 is 0 Å². The molecule has 2 nitrogen and oxygen atoms in total. The summed E-state index contributed by atoms with van der Waals surface area (Å²) in [6, 6.07) is 5.54. The molecule has 100 valence electrons. The molecule has 1 fully saturated rings. The second-order valence-corrected chi connectivity index (χ2v) is 5.53. The van der Waals surface area contributed by atoms with Crippen LogP contribution in [0.25, 0.3) is 0 Å². The minimum atomic E-state index is 0.223. The van der Waals surface area contributed by atoms with Gasteiger partial charge in [0.25, 0.3) is 0 Å². The fourth-order valence-corrected chi connectivity index (χ4v) is 2.74. The van der Waals surface area contributed by atoms with E-state index in [0.717, 1.165) is 25.9 Å². The van der Waals surface area contributed by atoms with Crippen LogP contribution in [0.5, 0.6) is 5.75 Å². The molecule has 0 bridgehead atoms. The van der Waals surface area contributed by atoms with Crippen LogP contribution in [0, 0.1) is 5.92 Å². The van der Waals surface area contributed by atoms with Crippen molar-refractivity contribution in [2.75, 3.05) is 13.1 Å². The summed E-state index contributed by atoms with van der Waals surface area (Å²) in [4.78, 5) is 0.